The number of carbonyl (C=O) groups is 1. The highest BCUT2D eigenvalue weighted by molar-refractivity contribution is 5.97. The molecule has 0 spiro atoms. The Morgan fingerprint density at radius 2 is 2.00 bits per heavy atom. The third-order valence-electron chi connectivity index (χ3n) is 2.83. The molecule has 0 aliphatic carbocycles. The third kappa shape index (κ3) is 3.76. The number of aromatic hydroxyl groups is 2. The highest BCUT2D eigenvalue weighted by Crippen LogP contribution is 2.22. The molecule has 0 unspecified atom stereocenters. The van der Waals surface area contributed by atoms with E-state index in [-0.39, 0.29) is 17.1 Å². The van der Waals surface area contributed by atoms with E-state index in [9.17, 15) is 15.0 Å². The number of hydrogen-bond donors (Lipinski definition) is 3. The largest absolute Gasteiger partial charge is 0.507 e. The molecule has 0 heterocycles. The van der Waals surface area contributed by atoms with E-state index in [1.807, 2.05) is 6.92 Å². The van der Waals surface area contributed by atoms with Crippen LogP contribution < -0.4 is 10.2 Å². The first-order valence-electron chi connectivity index (χ1n) is 6.69. The van der Waals surface area contributed by atoms with Gasteiger partial charge in [0.05, 0.1) is 18.4 Å². The summed E-state index contributed by atoms with van der Waals surface area (Å²) < 4.78 is 5.25. The van der Waals surface area contributed by atoms with Gasteiger partial charge in [-0.2, -0.15) is 5.10 Å². The van der Waals surface area contributed by atoms with E-state index in [0.717, 1.165) is 0 Å². The van der Waals surface area contributed by atoms with Gasteiger partial charge in [0, 0.05) is 11.6 Å². The Bertz CT molecular complexity index is 698. The van der Waals surface area contributed by atoms with Crippen LogP contribution in [0, 0.1) is 0 Å². The van der Waals surface area contributed by atoms with Crippen LogP contribution in [0.5, 0.6) is 17.2 Å². The molecule has 2 aromatic carbocycles. The van der Waals surface area contributed by atoms with Crippen molar-refractivity contribution < 1.29 is 19.7 Å². The zero-order chi connectivity index (χ0) is 15.9. The highest BCUT2D eigenvalue weighted by atomic mass is 16.5. The van der Waals surface area contributed by atoms with Crippen LogP contribution in [-0.4, -0.2) is 28.9 Å². The maximum atomic E-state index is 11.8. The van der Waals surface area contributed by atoms with Crippen LogP contribution in [0.2, 0.25) is 0 Å². The van der Waals surface area contributed by atoms with Crippen LogP contribution in [0.1, 0.15) is 22.8 Å². The Balaban J connectivity index is 2.04. The van der Waals surface area contributed by atoms with Crippen molar-refractivity contribution in [1.82, 2.24) is 5.43 Å². The minimum absolute atomic E-state index is 0.00786. The predicted octanol–water partition coefficient (Wildman–Crippen LogP) is 2.26. The van der Waals surface area contributed by atoms with Crippen molar-refractivity contribution in [1.29, 1.82) is 0 Å². The molecule has 0 saturated carbocycles. The van der Waals surface area contributed by atoms with Gasteiger partial charge in [-0.3, -0.25) is 4.79 Å². The SMILES string of the molecule is CCOc1ccc(/C=N/NC(=O)c2ccccc2O)c(O)c1. The van der Waals surface area contributed by atoms with Gasteiger partial charge in [0.1, 0.15) is 17.2 Å². The number of nitrogens with zero attached hydrogens (tertiary/aromatic N) is 1. The predicted molar refractivity (Wildman–Crippen MR) is 82.4 cm³/mol. The number of hydrogen-bond acceptors (Lipinski definition) is 5. The average molecular weight is 300 g/mol. The van der Waals surface area contributed by atoms with Crippen LogP contribution in [0.15, 0.2) is 47.6 Å². The second kappa shape index (κ2) is 7.12. The molecule has 22 heavy (non-hydrogen) atoms. The van der Waals surface area contributed by atoms with Gasteiger partial charge < -0.3 is 14.9 Å². The lowest BCUT2D eigenvalue weighted by atomic mass is 10.2. The molecular weight excluding hydrogens is 284 g/mol. The normalized spacial score (nSPS) is 10.6. The van der Waals surface area contributed by atoms with E-state index in [2.05, 4.69) is 10.5 Å². The molecule has 6 heteroatoms. The maximum Gasteiger partial charge on any atom is 0.275 e. The van der Waals surface area contributed by atoms with Crippen LogP contribution >= 0.6 is 0 Å². The van der Waals surface area contributed by atoms with Crippen molar-refractivity contribution in [2.45, 2.75) is 6.92 Å². The molecule has 2 aromatic rings. The monoisotopic (exact) mass is 300 g/mol. The Labute approximate surface area is 127 Å². The van der Waals surface area contributed by atoms with E-state index in [1.54, 1.807) is 24.3 Å². The molecule has 0 aromatic heterocycles. The van der Waals surface area contributed by atoms with Crippen molar-refractivity contribution in [3.05, 3.63) is 53.6 Å². The zero-order valence-corrected chi connectivity index (χ0v) is 12.0. The fraction of sp³-hybridized carbons (Fsp3) is 0.125. The summed E-state index contributed by atoms with van der Waals surface area (Å²) in [5, 5.41) is 23.1. The molecule has 0 saturated heterocycles. The minimum atomic E-state index is -0.542. The highest BCUT2D eigenvalue weighted by Gasteiger charge is 2.08. The van der Waals surface area contributed by atoms with E-state index < -0.39 is 5.91 Å². The molecule has 0 atom stereocenters. The number of phenolic OH excluding ortho intramolecular Hbond substituents is 2. The summed E-state index contributed by atoms with van der Waals surface area (Å²) in [5.41, 5.74) is 2.84. The number of amides is 1. The summed E-state index contributed by atoms with van der Waals surface area (Å²) in [6.07, 6.45) is 1.31. The van der Waals surface area contributed by atoms with Gasteiger partial charge in [-0.15, -0.1) is 0 Å². The van der Waals surface area contributed by atoms with Crippen molar-refractivity contribution in [2.75, 3.05) is 6.61 Å². The van der Waals surface area contributed by atoms with Crippen LogP contribution in [-0.2, 0) is 0 Å². The number of carbonyl (C=O) groups excluding carboxylic acids is 1. The number of para-hydroxylation sites is 1. The first kappa shape index (κ1) is 15.4. The van der Waals surface area contributed by atoms with E-state index in [0.29, 0.717) is 17.9 Å². The summed E-state index contributed by atoms with van der Waals surface area (Å²) in [5.74, 6) is -0.124. The number of ether oxygens (including phenoxy) is 1. The van der Waals surface area contributed by atoms with Gasteiger partial charge in [-0.05, 0) is 31.2 Å². The summed E-state index contributed by atoms with van der Waals surface area (Å²) >= 11 is 0. The molecule has 0 aliphatic rings. The van der Waals surface area contributed by atoms with Gasteiger partial charge in [0.2, 0.25) is 0 Å². The summed E-state index contributed by atoms with van der Waals surface area (Å²) in [6, 6.07) is 10.9. The van der Waals surface area contributed by atoms with Gasteiger partial charge in [0.25, 0.3) is 5.91 Å². The maximum absolute atomic E-state index is 11.8. The quantitative estimate of drug-likeness (QED) is 0.583. The average Bonchev–Trinajstić information content (AvgIpc) is 2.50. The van der Waals surface area contributed by atoms with E-state index >= 15 is 0 Å². The molecule has 6 nitrogen and oxygen atoms in total. The minimum Gasteiger partial charge on any atom is -0.507 e. The van der Waals surface area contributed by atoms with Crippen LogP contribution in [0.3, 0.4) is 0 Å². The third-order valence-corrected chi connectivity index (χ3v) is 2.83. The van der Waals surface area contributed by atoms with Gasteiger partial charge >= 0.3 is 0 Å². The van der Waals surface area contributed by atoms with Gasteiger partial charge in [-0.1, -0.05) is 12.1 Å². The molecule has 0 bridgehead atoms. The zero-order valence-electron chi connectivity index (χ0n) is 12.0. The van der Waals surface area contributed by atoms with Crippen molar-refractivity contribution in [3.63, 3.8) is 0 Å². The van der Waals surface area contributed by atoms with Crippen molar-refractivity contribution in [2.24, 2.45) is 5.10 Å². The van der Waals surface area contributed by atoms with Gasteiger partial charge in [0.15, 0.2) is 0 Å². The smallest absolute Gasteiger partial charge is 0.275 e. The molecular formula is C16H16N2O4. The summed E-state index contributed by atoms with van der Waals surface area (Å²) in [6.45, 7) is 2.35. The second-order valence-corrected chi connectivity index (χ2v) is 4.37. The molecule has 2 rings (SSSR count). The van der Waals surface area contributed by atoms with E-state index in [4.69, 9.17) is 4.74 Å². The Morgan fingerprint density at radius 3 is 2.68 bits per heavy atom. The van der Waals surface area contributed by atoms with Crippen molar-refractivity contribution in [3.8, 4) is 17.2 Å². The lowest BCUT2D eigenvalue weighted by Crippen LogP contribution is -2.17. The fourth-order valence-corrected chi connectivity index (χ4v) is 1.78. The number of phenols is 2. The number of benzene rings is 2. The first-order valence-corrected chi connectivity index (χ1v) is 6.69. The topological polar surface area (TPSA) is 91.2 Å². The molecule has 114 valence electrons. The molecule has 0 fully saturated rings. The molecule has 3 N–H and O–H groups in total. The summed E-state index contributed by atoms with van der Waals surface area (Å²) in [4.78, 5) is 11.8. The van der Waals surface area contributed by atoms with E-state index in [1.165, 1.54) is 24.4 Å². The Morgan fingerprint density at radius 1 is 1.23 bits per heavy atom. The Kier molecular flexibility index (Phi) is 4.98. The molecule has 1 amide bonds. The number of nitrogens with one attached hydrogen (secondary N) is 1. The lowest BCUT2D eigenvalue weighted by Gasteiger charge is -2.05. The summed E-state index contributed by atoms with van der Waals surface area (Å²) in [7, 11) is 0. The first-order chi connectivity index (χ1) is 10.6. The molecule has 0 radical (unpaired) electrons. The number of hydrazone groups is 1. The molecule has 0 aliphatic heterocycles. The standard InChI is InChI=1S/C16H16N2O4/c1-2-22-12-8-7-11(15(20)9-12)10-17-18-16(21)13-5-3-4-6-14(13)19/h3-10,19-20H,2H2,1H3,(H,18,21)/b17-10+. The van der Waals surface area contributed by atoms with Crippen molar-refractivity contribution >= 4 is 12.1 Å². The fourth-order valence-electron chi connectivity index (χ4n) is 1.78. The van der Waals surface area contributed by atoms with Crippen LogP contribution in [0.4, 0.5) is 0 Å². The Hall–Kier alpha value is -3.02. The number of rotatable bonds is 5. The lowest BCUT2D eigenvalue weighted by molar-refractivity contribution is 0.0952. The second-order valence-electron chi connectivity index (χ2n) is 4.37. The van der Waals surface area contributed by atoms with Gasteiger partial charge in [-0.25, -0.2) is 5.43 Å². The van der Waals surface area contributed by atoms with Crippen LogP contribution in [0.25, 0.3) is 0 Å².